The number of ketones is 1. The number of nitrogens with one attached hydrogen (secondary N) is 2. The molecule has 0 aliphatic rings. The maximum Gasteiger partial charge on any atom is 0.265 e. The van der Waals surface area contributed by atoms with Crippen LogP contribution in [0.3, 0.4) is 0 Å². The number of amides is 2. The molecule has 56 heavy (non-hydrogen) atoms. The summed E-state index contributed by atoms with van der Waals surface area (Å²) in [5, 5.41) is 28.6. The number of nitrogens with zero attached hydrogens (tertiary/aromatic N) is 1. The summed E-state index contributed by atoms with van der Waals surface area (Å²) in [5.74, 6) is -2.36. The second-order valence-corrected chi connectivity index (χ2v) is 17.0. The van der Waals surface area contributed by atoms with Crippen molar-refractivity contribution in [1.82, 2.24) is 4.57 Å². The fourth-order valence-corrected chi connectivity index (χ4v) is 6.51. The first-order valence-corrected chi connectivity index (χ1v) is 19.6. The van der Waals surface area contributed by atoms with Crippen molar-refractivity contribution in [3.63, 3.8) is 0 Å². The van der Waals surface area contributed by atoms with E-state index in [2.05, 4.69) is 64.3 Å². The lowest BCUT2D eigenvalue weighted by Gasteiger charge is -2.31. The van der Waals surface area contributed by atoms with Crippen LogP contribution < -0.4 is 20.1 Å². The van der Waals surface area contributed by atoms with Crippen LogP contribution in [0.5, 0.6) is 23.3 Å². The van der Waals surface area contributed by atoms with Crippen LogP contribution in [0.25, 0.3) is 0 Å². The van der Waals surface area contributed by atoms with Gasteiger partial charge in [0.15, 0.2) is 23.7 Å². The van der Waals surface area contributed by atoms with Gasteiger partial charge in [0, 0.05) is 23.1 Å². The Morgan fingerprint density at radius 2 is 1.45 bits per heavy atom. The lowest BCUT2D eigenvalue weighted by molar-refractivity contribution is -0.135. The number of rotatable bonds is 16. The highest BCUT2D eigenvalue weighted by atomic mass is 35.5. The van der Waals surface area contributed by atoms with Gasteiger partial charge in [-0.3, -0.25) is 19.0 Å². The number of aromatic hydroxyl groups is 2. The average Bonchev–Trinajstić information content (AvgIpc) is 3.38. The third-order valence-corrected chi connectivity index (χ3v) is 11.1. The van der Waals surface area contributed by atoms with Crippen molar-refractivity contribution < 1.29 is 34.1 Å². The second-order valence-electron chi connectivity index (χ2n) is 16.6. The number of Topliss-reactive ketones (excluding diaryl/α,β-unsaturated/α-hetero) is 1. The summed E-state index contributed by atoms with van der Waals surface area (Å²) in [6, 6.07) is 18.3. The molecule has 4 aromatic rings. The van der Waals surface area contributed by atoms with Crippen molar-refractivity contribution in [2.24, 2.45) is 5.41 Å². The number of halogens is 1. The predicted molar refractivity (Wildman–Crippen MR) is 224 cm³/mol. The van der Waals surface area contributed by atoms with Crippen molar-refractivity contribution >= 4 is 40.6 Å². The van der Waals surface area contributed by atoms with Crippen LogP contribution in [-0.4, -0.2) is 45.6 Å². The van der Waals surface area contributed by atoms with E-state index in [-0.39, 0.29) is 39.3 Å². The molecule has 2 unspecified atom stereocenters. The first-order valence-electron chi connectivity index (χ1n) is 19.2. The van der Waals surface area contributed by atoms with Gasteiger partial charge in [0.05, 0.1) is 23.4 Å². The van der Waals surface area contributed by atoms with Gasteiger partial charge in [-0.2, -0.15) is 0 Å². The predicted octanol–water partition coefficient (Wildman–Crippen LogP) is 10.1. The fourth-order valence-electron chi connectivity index (χ4n) is 6.35. The zero-order chi connectivity index (χ0) is 41.7. The number of methoxy groups -OCH3 is 1. The molecule has 0 fully saturated rings. The molecule has 11 heteroatoms. The molecular weight excluding hydrogens is 730 g/mol. The third-order valence-electron chi connectivity index (χ3n) is 10.8. The van der Waals surface area contributed by atoms with Crippen LogP contribution in [0.4, 0.5) is 11.4 Å². The summed E-state index contributed by atoms with van der Waals surface area (Å²) in [7, 11) is 1.33. The molecule has 0 radical (unpaired) electrons. The molecule has 4 N–H and O–H groups in total. The van der Waals surface area contributed by atoms with Crippen LogP contribution in [0.15, 0.2) is 66.7 Å². The fraction of sp³-hybridized carbons (Fsp3) is 0.444. The largest absolute Gasteiger partial charge is 0.494 e. The zero-order valence-electron chi connectivity index (χ0n) is 34.6. The minimum atomic E-state index is -1.73. The van der Waals surface area contributed by atoms with Crippen molar-refractivity contribution in [2.45, 2.75) is 118 Å². The van der Waals surface area contributed by atoms with Gasteiger partial charge in [-0.1, -0.05) is 123 Å². The Balaban J connectivity index is 1.65. The number of aromatic nitrogens is 1. The number of hydrogen-bond donors (Lipinski definition) is 4. The quantitative estimate of drug-likeness (QED) is 0.0829. The summed E-state index contributed by atoms with van der Waals surface area (Å²) in [6.45, 7) is 19.8. The Bertz CT molecular complexity index is 2050. The lowest BCUT2D eigenvalue weighted by Crippen LogP contribution is -2.38. The summed E-state index contributed by atoms with van der Waals surface area (Å²) in [6.07, 6.45) is 1.54. The Labute approximate surface area is 336 Å². The van der Waals surface area contributed by atoms with Crippen molar-refractivity contribution in [2.75, 3.05) is 17.7 Å². The molecule has 10 nitrogen and oxygen atoms in total. The highest BCUT2D eigenvalue weighted by Crippen LogP contribution is 2.46. The highest BCUT2D eigenvalue weighted by Gasteiger charge is 2.41. The number of carbonyl (C=O) groups excluding carboxylic acids is 3. The van der Waals surface area contributed by atoms with Crippen LogP contribution in [-0.2, 0) is 31.6 Å². The van der Waals surface area contributed by atoms with Crippen molar-refractivity contribution in [3.05, 3.63) is 94.0 Å². The summed E-state index contributed by atoms with van der Waals surface area (Å²) < 4.78 is 12.8. The monoisotopic (exact) mass is 787 g/mol. The minimum Gasteiger partial charge on any atom is -0.494 e. The molecular formula is C45H58ClN3O7. The SMILES string of the molecule is CCC(Oc1ccc(C(C)(C)CC)cc1C(C)(C)CC)C(=O)Nc1ccc(Cl)c(NC(=O)C(C(=O)C(C)(C)C)n2c(O)c(Cc3ccccc3)c(OC)c2O)c1. The van der Waals surface area contributed by atoms with E-state index in [9.17, 15) is 24.6 Å². The van der Waals surface area contributed by atoms with E-state index in [1.165, 1.54) is 24.8 Å². The van der Waals surface area contributed by atoms with Crippen LogP contribution in [0, 0.1) is 5.41 Å². The molecule has 1 heterocycles. The van der Waals surface area contributed by atoms with Crippen molar-refractivity contribution in [3.8, 4) is 23.3 Å². The number of hydrogen-bond acceptors (Lipinski definition) is 7. The molecule has 0 saturated heterocycles. The Morgan fingerprint density at radius 3 is 2.02 bits per heavy atom. The molecule has 1 aromatic heterocycles. The van der Waals surface area contributed by atoms with E-state index in [4.69, 9.17) is 21.1 Å². The van der Waals surface area contributed by atoms with Crippen LogP contribution in [0.2, 0.25) is 5.02 Å². The van der Waals surface area contributed by atoms with Gasteiger partial charge in [-0.05, 0) is 65.5 Å². The van der Waals surface area contributed by atoms with Crippen LogP contribution >= 0.6 is 11.6 Å². The molecule has 0 saturated carbocycles. The van der Waals surface area contributed by atoms with Gasteiger partial charge >= 0.3 is 0 Å². The second kappa shape index (κ2) is 17.5. The molecule has 2 atom stereocenters. The number of ether oxygens (including phenoxy) is 2. The Morgan fingerprint density at radius 1 is 0.804 bits per heavy atom. The molecule has 0 aliphatic carbocycles. The minimum absolute atomic E-state index is 0.0266. The van der Waals surface area contributed by atoms with E-state index >= 15 is 0 Å². The maximum absolute atomic E-state index is 14.2. The topological polar surface area (TPSA) is 139 Å². The maximum atomic E-state index is 14.2. The van der Waals surface area contributed by atoms with Crippen LogP contribution in [0.1, 0.15) is 117 Å². The third kappa shape index (κ3) is 9.52. The van der Waals surface area contributed by atoms with Gasteiger partial charge < -0.3 is 30.3 Å². The van der Waals surface area contributed by atoms with Gasteiger partial charge in [0.1, 0.15) is 5.75 Å². The number of anilines is 2. The molecule has 3 aromatic carbocycles. The molecule has 4 rings (SSSR count). The zero-order valence-corrected chi connectivity index (χ0v) is 35.4. The molecule has 0 aliphatic heterocycles. The van der Waals surface area contributed by atoms with E-state index in [1.807, 2.05) is 43.3 Å². The number of benzene rings is 3. The Kier molecular flexibility index (Phi) is 13.6. The Hall–Kier alpha value is -4.96. The standard InChI is InChI=1S/C45H58ClN3O7/c1-12-34(56-35-23-20-28(44(7,8)13-2)25-31(35)45(9,10)14-3)39(51)47-29-21-22-32(46)33(26-29)48-40(52)36(38(50)43(4,5)6)49-41(53)30(37(55-11)42(49)54)24-27-18-16-15-17-19-27/h15-23,25-26,34,36,53-54H,12-14,24H2,1-11H3,(H,47,51)(H,48,52). The molecule has 0 bridgehead atoms. The van der Waals surface area contributed by atoms with Gasteiger partial charge in [0.25, 0.3) is 11.8 Å². The normalized spacial score (nSPS) is 13.1. The van der Waals surface area contributed by atoms with Crippen molar-refractivity contribution in [1.29, 1.82) is 0 Å². The smallest absolute Gasteiger partial charge is 0.265 e. The summed E-state index contributed by atoms with van der Waals surface area (Å²) in [5.41, 5.74) is 2.36. The van der Waals surface area contributed by atoms with Gasteiger partial charge in [-0.15, -0.1) is 0 Å². The first-order chi connectivity index (χ1) is 26.2. The lowest BCUT2D eigenvalue weighted by atomic mass is 9.76. The molecule has 302 valence electrons. The average molecular weight is 788 g/mol. The molecule has 2 amide bonds. The molecule has 0 spiro atoms. The summed E-state index contributed by atoms with van der Waals surface area (Å²) in [4.78, 5) is 41.9. The first kappa shape index (κ1) is 43.8. The van der Waals surface area contributed by atoms with E-state index < -0.39 is 46.9 Å². The highest BCUT2D eigenvalue weighted by molar-refractivity contribution is 6.34. The van der Waals surface area contributed by atoms with Gasteiger partial charge in [0.2, 0.25) is 11.8 Å². The van der Waals surface area contributed by atoms with E-state index in [0.29, 0.717) is 17.9 Å². The van der Waals surface area contributed by atoms with E-state index in [1.54, 1.807) is 26.8 Å². The van der Waals surface area contributed by atoms with Gasteiger partial charge in [-0.25, -0.2) is 0 Å². The number of carbonyl (C=O) groups is 3. The summed E-state index contributed by atoms with van der Waals surface area (Å²) >= 11 is 6.57. The van der Waals surface area contributed by atoms with E-state index in [0.717, 1.165) is 28.5 Å².